The second-order valence-corrected chi connectivity index (χ2v) is 3.75. The highest BCUT2D eigenvalue weighted by molar-refractivity contribution is 4.78. The van der Waals surface area contributed by atoms with Gasteiger partial charge in [-0.2, -0.15) is 5.10 Å². The average molecular weight is 212 g/mol. The molecule has 15 heavy (non-hydrogen) atoms. The fourth-order valence-electron chi connectivity index (χ4n) is 1.46. The number of hydrogen-bond acceptors (Lipinski definition) is 4. The molecule has 0 bridgehead atoms. The molecule has 0 spiro atoms. The summed E-state index contributed by atoms with van der Waals surface area (Å²) in [6, 6.07) is 2.01. The number of hydrogen-bond donors (Lipinski definition) is 1. The quantitative estimate of drug-likeness (QED) is 0.679. The predicted molar refractivity (Wildman–Crippen MR) is 59.6 cm³/mol. The molecule has 0 amide bonds. The van der Waals surface area contributed by atoms with Gasteiger partial charge in [-0.25, -0.2) is 0 Å². The van der Waals surface area contributed by atoms with Crippen LogP contribution in [0.3, 0.4) is 0 Å². The maximum absolute atomic E-state index is 5.84. The van der Waals surface area contributed by atoms with Crippen molar-refractivity contribution in [1.82, 2.24) is 14.7 Å². The zero-order valence-electron chi connectivity index (χ0n) is 9.47. The van der Waals surface area contributed by atoms with Crippen molar-refractivity contribution in [2.45, 2.75) is 12.6 Å². The Morgan fingerprint density at radius 2 is 2.40 bits per heavy atom. The summed E-state index contributed by atoms with van der Waals surface area (Å²) < 4.78 is 6.90. The molecule has 0 aliphatic carbocycles. The Morgan fingerprint density at radius 1 is 1.60 bits per heavy atom. The zero-order chi connectivity index (χ0) is 11.1. The van der Waals surface area contributed by atoms with Gasteiger partial charge in [0.1, 0.15) is 0 Å². The third kappa shape index (κ3) is 4.92. The van der Waals surface area contributed by atoms with Crippen LogP contribution in [0, 0.1) is 0 Å². The second-order valence-electron chi connectivity index (χ2n) is 3.75. The van der Waals surface area contributed by atoms with Gasteiger partial charge in [0.15, 0.2) is 0 Å². The standard InChI is InChI=1S/C10H20N4O/c1-13(8-10(11)9-15-2)6-7-14-5-3-4-12-14/h3-5,10H,6-9,11H2,1-2H3. The molecule has 1 aromatic rings. The Labute approximate surface area is 90.8 Å². The molecule has 5 heteroatoms. The molecular weight excluding hydrogens is 192 g/mol. The highest BCUT2D eigenvalue weighted by atomic mass is 16.5. The van der Waals surface area contributed by atoms with Crippen LogP contribution in [-0.4, -0.2) is 54.6 Å². The maximum atomic E-state index is 5.84. The Balaban J connectivity index is 2.15. The van der Waals surface area contributed by atoms with E-state index in [0.29, 0.717) is 6.61 Å². The van der Waals surface area contributed by atoms with Gasteiger partial charge in [-0.1, -0.05) is 0 Å². The smallest absolute Gasteiger partial charge is 0.0626 e. The SMILES string of the molecule is COCC(N)CN(C)CCn1cccn1. The van der Waals surface area contributed by atoms with Crippen molar-refractivity contribution in [3.63, 3.8) is 0 Å². The van der Waals surface area contributed by atoms with E-state index in [-0.39, 0.29) is 6.04 Å². The lowest BCUT2D eigenvalue weighted by molar-refractivity contribution is 0.160. The first-order valence-corrected chi connectivity index (χ1v) is 5.13. The van der Waals surface area contributed by atoms with Crippen LogP contribution in [0.25, 0.3) is 0 Å². The van der Waals surface area contributed by atoms with E-state index < -0.39 is 0 Å². The van der Waals surface area contributed by atoms with Gasteiger partial charge >= 0.3 is 0 Å². The van der Waals surface area contributed by atoms with Crippen LogP contribution in [-0.2, 0) is 11.3 Å². The van der Waals surface area contributed by atoms with Crippen LogP contribution in [0.4, 0.5) is 0 Å². The minimum Gasteiger partial charge on any atom is -0.383 e. The van der Waals surface area contributed by atoms with Crippen molar-refractivity contribution < 1.29 is 4.74 Å². The molecule has 0 saturated carbocycles. The predicted octanol–water partition coefficient (Wildman–Crippen LogP) is -0.211. The Bertz CT molecular complexity index is 250. The number of aromatic nitrogens is 2. The lowest BCUT2D eigenvalue weighted by Gasteiger charge is -2.20. The molecule has 1 rings (SSSR count). The van der Waals surface area contributed by atoms with Gasteiger partial charge < -0.3 is 15.4 Å². The molecule has 1 unspecified atom stereocenters. The molecule has 0 fully saturated rings. The maximum Gasteiger partial charge on any atom is 0.0626 e. The van der Waals surface area contributed by atoms with Gasteiger partial charge in [-0.3, -0.25) is 4.68 Å². The third-order valence-electron chi connectivity index (χ3n) is 2.20. The van der Waals surface area contributed by atoms with E-state index in [2.05, 4.69) is 17.0 Å². The highest BCUT2D eigenvalue weighted by Gasteiger charge is 2.06. The van der Waals surface area contributed by atoms with E-state index in [4.69, 9.17) is 10.5 Å². The molecule has 1 atom stereocenters. The molecule has 0 aromatic carbocycles. The van der Waals surface area contributed by atoms with Crippen LogP contribution in [0.1, 0.15) is 0 Å². The van der Waals surface area contributed by atoms with Crippen molar-refractivity contribution in [1.29, 1.82) is 0 Å². The van der Waals surface area contributed by atoms with Crippen LogP contribution < -0.4 is 5.73 Å². The fourth-order valence-corrected chi connectivity index (χ4v) is 1.46. The van der Waals surface area contributed by atoms with Crippen LogP contribution >= 0.6 is 0 Å². The van der Waals surface area contributed by atoms with E-state index in [1.807, 2.05) is 16.9 Å². The number of ether oxygens (including phenoxy) is 1. The van der Waals surface area contributed by atoms with E-state index in [0.717, 1.165) is 19.6 Å². The summed E-state index contributed by atoms with van der Waals surface area (Å²) in [5.41, 5.74) is 5.84. The van der Waals surface area contributed by atoms with Gasteiger partial charge in [0.25, 0.3) is 0 Å². The Hall–Kier alpha value is -0.910. The number of nitrogens with zero attached hydrogens (tertiary/aromatic N) is 3. The topological polar surface area (TPSA) is 56.3 Å². The molecule has 0 radical (unpaired) electrons. The van der Waals surface area contributed by atoms with Gasteiger partial charge in [-0.15, -0.1) is 0 Å². The monoisotopic (exact) mass is 212 g/mol. The fraction of sp³-hybridized carbons (Fsp3) is 0.700. The molecule has 5 nitrogen and oxygen atoms in total. The molecule has 86 valence electrons. The van der Waals surface area contributed by atoms with Crippen LogP contribution in [0.5, 0.6) is 0 Å². The first-order valence-electron chi connectivity index (χ1n) is 5.13. The molecule has 0 saturated heterocycles. The lowest BCUT2D eigenvalue weighted by atomic mass is 10.3. The first-order chi connectivity index (χ1) is 7.22. The van der Waals surface area contributed by atoms with E-state index in [9.17, 15) is 0 Å². The molecular formula is C10H20N4O. The number of rotatable bonds is 7. The van der Waals surface area contributed by atoms with Crippen molar-refractivity contribution >= 4 is 0 Å². The molecule has 2 N–H and O–H groups in total. The van der Waals surface area contributed by atoms with E-state index >= 15 is 0 Å². The average Bonchev–Trinajstić information content (AvgIpc) is 2.67. The summed E-state index contributed by atoms with van der Waals surface area (Å²) in [4.78, 5) is 2.19. The summed E-state index contributed by atoms with van der Waals surface area (Å²) in [7, 11) is 3.72. The van der Waals surface area contributed by atoms with E-state index in [1.165, 1.54) is 0 Å². The van der Waals surface area contributed by atoms with Gasteiger partial charge in [0.2, 0.25) is 0 Å². The molecule has 0 aliphatic heterocycles. The Morgan fingerprint density at radius 3 is 3.00 bits per heavy atom. The minimum absolute atomic E-state index is 0.0811. The summed E-state index contributed by atoms with van der Waals surface area (Å²) in [6.45, 7) is 3.28. The van der Waals surface area contributed by atoms with Gasteiger partial charge in [0, 0.05) is 38.6 Å². The Kier molecular flexibility index (Phi) is 5.31. The molecule has 1 aromatic heterocycles. The minimum atomic E-state index is 0.0811. The zero-order valence-corrected chi connectivity index (χ0v) is 9.47. The van der Waals surface area contributed by atoms with Crippen molar-refractivity contribution in [3.8, 4) is 0 Å². The summed E-state index contributed by atoms with van der Waals surface area (Å²) >= 11 is 0. The van der Waals surface area contributed by atoms with Crippen LogP contribution in [0.15, 0.2) is 18.5 Å². The molecule has 0 aliphatic rings. The second kappa shape index (κ2) is 6.55. The number of likely N-dealkylation sites (N-methyl/N-ethyl adjacent to an activating group) is 1. The van der Waals surface area contributed by atoms with Crippen molar-refractivity contribution in [3.05, 3.63) is 18.5 Å². The molecule has 1 heterocycles. The highest BCUT2D eigenvalue weighted by Crippen LogP contribution is 1.90. The summed E-state index contributed by atoms with van der Waals surface area (Å²) in [5.74, 6) is 0. The lowest BCUT2D eigenvalue weighted by Crippen LogP contribution is -2.39. The van der Waals surface area contributed by atoms with Crippen LogP contribution in [0.2, 0.25) is 0 Å². The first kappa shape index (κ1) is 12.2. The van der Waals surface area contributed by atoms with Crippen molar-refractivity contribution in [2.24, 2.45) is 5.73 Å². The largest absolute Gasteiger partial charge is 0.383 e. The van der Waals surface area contributed by atoms with E-state index in [1.54, 1.807) is 13.3 Å². The number of methoxy groups -OCH3 is 1. The van der Waals surface area contributed by atoms with Gasteiger partial charge in [0.05, 0.1) is 13.2 Å². The van der Waals surface area contributed by atoms with Gasteiger partial charge in [-0.05, 0) is 13.1 Å². The third-order valence-corrected chi connectivity index (χ3v) is 2.20. The van der Waals surface area contributed by atoms with Crippen molar-refractivity contribution in [2.75, 3.05) is 33.9 Å². The summed E-state index contributed by atoms with van der Waals surface area (Å²) in [6.07, 6.45) is 3.75. The summed E-state index contributed by atoms with van der Waals surface area (Å²) in [5, 5.41) is 4.14. The normalized spacial score (nSPS) is 13.3. The number of nitrogens with two attached hydrogens (primary N) is 1.